The number of nitriles is 2. The van der Waals surface area contributed by atoms with Crippen molar-refractivity contribution in [1.29, 1.82) is 10.5 Å². The number of benzene rings is 1. The fourth-order valence-electron chi connectivity index (χ4n) is 3.37. The van der Waals surface area contributed by atoms with Gasteiger partial charge in [-0.3, -0.25) is 0 Å². The van der Waals surface area contributed by atoms with E-state index in [2.05, 4.69) is 27.7 Å². The Hall–Kier alpha value is -2.04. The molecule has 2 rings (SSSR count). The Morgan fingerprint density at radius 2 is 1.60 bits per heavy atom. The monoisotopic (exact) mass is 269 g/mol. The van der Waals surface area contributed by atoms with Crippen LogP contribution in [0.15, 0.2) is 18.2 Å². The van der Waals surface area contributed by atoms with E-state index < -0.39 is 0 Å². The molecule has 1 fully saturated rings. The van der Waals surface area contributed by atoms with E-state index in [1.54, 1.807) is 18.2 Å². The van der Waals surface area contributed by atoms with Gasteiger partial charge in [-0.05, 0) is 18.2 Å². The lowest BCUT2D eigenvalue weighted by molar-refractivity contribution is -0.155. The van der Waals surface area contributed by atoms with Gasteiger partial charge >= 0.3 is 0 Å². The number of ether oxygens (including phenoxy) is 1. The van der Waals surface area contributed by atoms with E-state index in [-0.39, 0.29) is 23.0 Å². The van der Waals surface area contributed by atoms with Gasteiger partial charge in [-0.25, -0.2) is 0 Å². The average molecular weight is 269 g/mol. The molecular weight excluding hydrogens is 250 g/mol. The highest BCUT2D eigenvalue weighted by Gasteiger charge is 2.61. The predicted octanol–water partition coefficient (Wildman–Crippen LogP) is 2.57. The number of hydrogen-bond acceptors (Lipinski definition) is 4. The quantitative estimate of drug-likeness (QED) is 0.894. The van der Waals surface area contributed by atoms with Gasteiger partial charge < -0.3 is 10.5 Å². The van der Waals surface area contributed by atoms with Gasteiger partial charge in [-0.1, -0.05) is 27.7 Å². The molecule has 0 saturated heterocycles. The molecule has 1 saturated carbocycles. The third-order valence-electron chi connectivity index (χ3n) is 4.44. The molecule has 1 aliphatic carbocycles. The zero-order valence-electron chi connectivity index (χ0n) is 12.3. The minimum Gasteiger partial charge on any atom is -0.489 e. The summed E-state index contributed by atoms with van der Waals surface area (Å²) in [7, 11) is 0. The van der Waals surface area contributed by atoms with Gasteiger partial charge in [0.05, 0.1) is 11.1 Å². The largest absolute Gasteiger partial charge is 0.489 e. The molecule has 0 spiro atoms. The van der Waals surface area contributed by atoms with E-state index in [1.807, 2.05) is 12.1 Å². The van der Waals surface area contributed by atoms with Crippen LogP contribution in [0.2, 0.25) is 0 Å². The van der Waals surface area contributed by atoms with Gasteiger partial charge in [0, 0.05) is 16.9 Å². The molecule has 0 amide bonds. The summed E-state index contributed by atoms with van der Waals surface area (Å²) in [4.78, 5) is 0. The maximum absolute atomic E-state index is 9.05. The number of hydrogen-bond donors (Lipinski definition) is 1. The van der Waals surface area contributed by atoms with Gasteiger partial charge in [-0.15, -0.1) is 0 Å². The van der Waals surface area contributed by atoms with E-state index in [0.29, 0.717) is 16.9 Å². The van der Waals surface area contributed by atoms with Crippen LogP contribution < -0.4 is 10.5 Å². The van der Waals surface area contributed by atoms with Crippen LogP contribution in [0, 0.1) is 33.5 Å². The lowest BCUT2D eigenvalue weighted by Crippen LogP contribution is -2.72. The SMILES string of the molecule is CC1(C)C(N)C(C)(C)C1Oc1ccc(C#N)c(C#N)c1. The summed E-state index contributed by atoms with van der Waals surface area (Å²) in [6.45, 7) is 8.34. The van der Waals surface area contributed by atoms with Crippen molar-refractivity contribution in [2.45, 2.75) is 39.8 Å². The summed E-state index contributed by atoms with van der Waals surface area (Å²) in [5, 5.41) is 18.0. The van der Waals surface area contributed by atoms with Crippen LogP contribution in [-0.2, 0) is 0 Å². The smallest absolute Gasteiger partial charge is 0.121 e. The minimum absolute atomic E-state index is 0.0236. The molecule has 0 aliphatic heterocycles. The number of rotatable bonds is 2. The van der Waals surface area contributed by atoms with Gasteiger partial charge in [-0.2, -0.15) is 10.5 Å². The molecule has 1 aliphatic rings. The highest BCUT2D eigenvalue weighted by atomic mass is 16.5. The summed E-state index contributed by atoms with van der Waals surface area (Å²) < 4.78 is 6.05. The Morgan fingerprint density at radius 1 is 1.05 bits per heavy atom. The molecule has 0 unspecified atom stereocenters. The predicted molar refractivity (Wildman–Crippen MR) is 75.8 cm³/mol. The Kier molecular flexibility index (Phi) is 3.24. The maximum Gasteiger partial charge on any atom is 0.121 e. The van der Waals surface area contributed by atoms with Gasteiger partial charge in [0.1, 0.15) is 24.0 Å². The Bertz CT molecular complexity index is 604. The summed E-state index contributed by atoms with van der Waals surface area (Å²) in [5.41, 5.74) is 6.66. The van der Waals surface area contributed by atoms with E-state index in [9.17, 15) is 0 Å². The van der Waals surface area contributed by atoms with Gasteiger partial charge in [0.25, 0.3) is 0 Å². The van der Waals surface area contributed by atoms with Gasteiger partial charge in [0.2, 0.25) is 0 Å². The molecule has 0 bridgehead atoms. The van der Waals surface area contributed by atoms with Crippen LogP contribution in [0.1, 0.15) is 38.8 Å². The van der Waals surface area contributed by atoms with E-state index in [1.165, 1.54) is 0 Å². The van der Waals surface area contributed by atoms with Crippen molar-refractivity contribution in [2.24, 2.45) is 16.6 Å². The van der Waals surface area contributed by atoms with Gasteiger partial charge in [0.15, 0.2) is 0 Å². The maximum atomic E-state index is 9.05. The van der Waals surface area contributed by atoms with Crippen molar-refractivity contribution in [3.63, 3.8) is 0 Å². The van der Waals surface area contributed by atoms with Crippen molar-refractivity contribution >= 4 is 0 Å². The lowest BCUT2D eigenvalue weighted by Gasteiger charge is -2.61. The fourth-order valence-corrected chi connectivity index (χ4v) is 3.37. The first-order valence-electron chi connectivity index (χ1n) is 6.61. The highest BCUT2D eigenvalue weighted by Crippen LogP contribution is 2.54. The molecule has 0 heterocycles. The second-order valence-electron chi connectivity index (χ2n) is 6.55. The van der Waals surface area contributed by atoms with Crippen LogP contribution >= 0.6 is 0 Å². The molecule has 4 heteroatoms. The topological polar surface area (TPSA) is 82.8 Å². The molecule has 2 N–H and O–H groups in total. The Labute approximate surface area is 119 Å². The van der Waals surface area contributed by atoms with Crippen LogP contribution in [0.4, 0.5) is 0 Å². The number of nitrogens with two attached hydrogens (primary N) is 1. The van der Waals surface area contributed by atoms with Crippen molar-refractivity contribution < 1.29 is 4.74 Å². The summed E-state index contributed by atoms with van der Waals surface area (Å²) in [6.07, 6.45) is -0.0236. The number of nitrogens with zero attached hydrogens (tertiary/aromatic N) is 2. The lowest BCUT2D eigenvalue weighted by atomic mass is 9.50. The molecule has 0 aromatic heterocycles. The first kappa shape index (κ1) is 14.4. The Morgan fingerprint density at radius 3 is 2.10 bits per heavy atom. The second kappa shape index (κ2) is 4.51. The van der Waals surface area contributed by atoms with Crippen molar-refractivity contribution in [3.8, 4) is 17.9 Å². The van der Waals surface area contributed by atoms with Crippen LogP contribution in [0.3, 0.4) is 0 Å². The zero-order valence-corrected chi connectivity index (χ0v) is 12.3. The highest BCUT2D eigenvalue weighted by molar-refractivity contribution is 5.49. The molecule has 1 aromatic carbocycles. The average Bonchev–Trinajstić information content (AvgIpc) is 2.43. The molecule has 4 nitrogen and oxygen atoms in total. The molecule has 104 valence electrons. The van der Waals surface area contributed by atoms with Crippen LogP contribution in [-0.4, -0.2) is 12.1 Å². The molecule has 1 aromatic rings. The third-order valence-corrected chi connectivity index (χ3v) is 4.44. The molecular formula is C16H19N3O. The van der Waals surface area contributed by atoms with E-state index >= 15 is 0 Å². The second-order valence-corrected chi connectivity index (χ2v) is 6.55. The fraction of sp³-hybridized carbons (Fsp3) is 0.500. The standard InChI is InChI=1S/C16H19N3O/c1-15(2)13(19)16(3,4)14(15)20-12-6-5-10(8-17)11(7-12)9-18/h5-7,13-14H,19H2,1-4H3. The van der Waals surface area contributed by atoms with Crippen LogP contribution in [0.25, 0.3) is 0 Å². The van der Waals surface area contributed by atoms with E-state index in [4.69, 9.17) is 21.0 Å². The summed E-state index contributed by atoms with van der Waals surface area (Å²) >= 11 is 0. The first-order valence-corrected chi connectivity index (χ1v) is 6.61. The van der Waals surface area contributed by atoms with E-state index in [0.717, 1.165) is 0 Å². The van der Waals surface area contributed by atoms with Crippen LogP contribution in [0.5, 0.6) is 5.75 Å². The van der Waals surface area contributed by atoms with Crippen molar-refractivity contribution in [2.75, 3.05) is 0 Å². The zero-order chi connectivity index (χ0) is 15.1. The van der Waals surface area contributed by atoms with Crippen molar-refractivity contribution in [3.05, 3.63) is 29.3 Å². The summed E-state index contributed by atoms with van der Waals surface area (Å²) in [6, 6.07) is 9.05. The minimum atomic E-state index is -0.121. The summed E-state index contributed by atoms with van der Waals surface area (Å²) in [5.74, 6) is 0.610. The third kappa shape index (κ3) is 1.94. The molecule has 20 heavy (non-hydrogen) atoms. The molecule has 0 atom stereocenters. The van der Waals surface area contributed by atoms with Crippen molar-refractivity contribution in [1.82, 2.24) is 0 Å². The molecule has 0 radical (unpaired) electrons. The first-order chi connectivity index (χ1) is 9.25. The normalized spacial score (nSPS) is 25.9. The Balaban J connectivity index is 2.28.